The summed E-state index contributed by atoms with van der Waals surface area (Å²) in [5.41, 5.74) is 5.34. The molecule has 3 heterocycles. The Bertz CT molecular complexity index is 1130. The second-order valence-electron chi connectivity index (χ2n) is 8.43. The van der Waals surface area contributed by atoms with Crippen molar-refractivity contribution in [3.05, 3.63) is 76.4 Å². The van der Waals surface area contributed by atoms with E-state index in [0.717, 1.165) is 61.9 Å². The molecule has 0 amide bonds. The highest BCUT2D eigenvalue weighted by molar-refractivity contribution is 5.54. The van der Waals surface area contributed by atoms with Crippen molar-refractivity contribution in [1.29, 1.82) is 5.26 Å². The van der Waals surface area contributed by atoms with E-state index in [1.165, 1.54) is 36.1 Å². The Hall–Kier alpha value is -3.53. The van der Waals surface area contributed by atoms with Gasteiger partial charge in [-0.1, -0.05) is 12.1 Å². The molecule has 0 radical (unpaired) electrons. The van der Waals surface area contributed by atoms with Crippen molar-refractivity contribution >= 4 is 11.6 Å². The summed E-state index contributed by atoms with van der Waals surface area (Å²) in [7, 11) is 0. The number of fused-ring (bicyclic) bond motifs is 1. The number of aromatic nitrogens is 3. The third-order valence-electron chi connectivity index (χ3n) is 6.42. The molecule has 6 nitrogen and oxygen atoms in total. The summed E-state index contributed by atoms with van der Waals surface area (Å²) in [6.07, 6.45) is 6.73. The molecule has 0 atom stereocenters. The molecule has 1 saturated heterocycles. The van der Waals surface area contributed by atoms with E-state index in [1.807, 2.05) is 24.3 Å². The number of nitriles is 1. The van der Waals surface area contributed by atoms with E-state index in [2.05, 4.69) is 31.1 Å². The predicted octanol–water partition coefficient (Wildman–Crippen LogP) is 3.68. The van der Waals surface area contributed by atoms with Gasteiger partial charge in [-0.05, 0) is 61.1 Å². The molecule has 0 saturated carbocycles. The van der Waals surface area contributed by atoms with Crippen molar-refractivity contribution in [1.82, 2.24) is 15.2 Å². The second kappa shape index (κ2) is 8.91. The highest BCUT2D eigenvalue weighted by Gasteiger charge is 2.26. The van der Waals surface area contributed by atoms with Crippen LogP contribution in [0, 0.1) is 17.1 Å². The van der Waals surface area contributed by atoms with Crippen LogP contribution in [0.1, 0.15) is 40.8 Å². The molecule has 2 aromatic heterocycles. The summed E-state index contributed by atoms with van der Waals surface area (Å²) < 4.78 is 13.3. The van der Waals surface area contributed by atoms with Gasteiger partial charge in [-0.2, -0.15) is 10.4 Å². The van der Waals surface area contributed by atoms with Gasteiger partial charge in [0.25, 0.3) is 0 Å². The Morgan fingerprint density at radius 2 is 1.59 bits per heavy atom. The molecular weight excluding hydrogens is 403 g/mol. The van der Waals surface area contributed by atoms with Gasteiger partial charge in [0.2, 0.25) is 0 Å². The van der Waals surface area contributed by atoms with Crippen LogP contribution >= 0.6 is 0 Å². The van der Waals surface area contributed by atoms with Crippen molar-refractivity contribution in [3.8, 4) is 6.07 Å². The summed E-state index contributed by atoms with van der Waals surface area (Å²) in [4.78, 5) is 9.03. The highest BCUT2D eigenvalue weighted by Crippen LogP contribution is 2.32. The normalized spacial score (nSPS) is 15.9. The van der Waals surface area contributed by atoms with Crippen LogP contribution < -0.4 is 9.80 Å². The molecule has 5 rings (SSSR count). The Kier molecular flexibility index (Phi) is 5.68. The number of pyridine rings is 1. The highest BCUT2D eigenvalue weighted by atomic mass is 19.1. The molecule has 0 N–H and O–H groups in total. The predicted molar refractivity (Wildman–Crippen MR) is 121 cm³/mol. The van der Waals surface area contributed by atoms with E-state index in [4.69, 9.17) is 5.26 Å². The van der Waals surface area contributed by atoms with Gasteiger partial charge in [-0.3, -0.25) is 0 Å². The maximum absolute atomic E-state index is 13.3. The lowest BCUT2D eigenvalue weighted by Crippen LogP contribution is -2.47. The smallest absolute Gasteiger partial charge is 0.154 e. The first-order valence-corrected chi connectivity index (χ1v) is 11.2. The number of nitrogens with zero attached hydrogens (tertiary/aromatic N) is 6. The first-order valence-electron chi connectivity index (χ1n) is 11.2. The molecule has 32 heavy (non-hydrogen) atoms. The molecule has 1 aliphatic carbocycles. The molecule has 2 aliphatic rings. The minimum absolute atomic E-state index is 0.215. The SMILES string of the molecule is N#Cc1ccc(N2CCN(c3nnc(Cc4ccc(F)cc4)c4c3CCCC4)CC2)nc1. The molecule has 0 unspecified atom stereocenters. The molecule has 162 valence electrons. The Labute approximate surface area is 187 Å². The number of hydrogen-bond donors (Lipinski definition) is 0. The van der Waals surface area contributed by atoms with E-state index < -0.39 is 0 Å². The third-order valence-corrected chi connectivity index (χ3v) is 6.42. The van der Waals surface area contributed by atoms with Gasteiger partial charge in [0.1, 0.15) is 17.7 Å². The van der Waals surface area contributed by atoms with Crippen molar-refractivity contribution in [2.24, 2.45) is 0 Å². The summed E-state index contributed by atoms with van der Waals surface area (Å²) in [6.45, 7) is 3.43. The standard InChI is InChI=1S/C25H25FN6/c26-20-8-5-18(6-9-20)15-23-21-3-1-2-4-22(21)25(30-29-23)32-13-11-31(12-14-32)24-10-7-19(16-27)17-28-24/h5-10,17H,1-4,11-15H2. The number of piperazine rings is 1. The zero-order chi connectivity index (χ0) is 21.9. The van der Waals surface area contributed by atoms with Crippen LogP contribution in [0.15, 0.2) is 42.6 Å². The summed E-state index contributed by atoms with van der Waals surface area (Å²) in [6, 6.07) is 12.5. The molecule has 0 bridgehead atoms. The van der Waals surface area contributed by atoms with Gasteiger partial charge in [0.05, 0.1) is 11.3 Å². The van der Waals surface area contributed by atoms with E-state index in [9.17, 15) is 4.39 Å². The number of rotatable bonds is 4. The van der Waals surface area contributed by atoms with Crippen LogP contribution in [0.3, 0.4) is 0 Å². The van der Waals surface area contributed by atoms with Crippen LogP contribution in [0.2, 0.25) is 0 Å². The molecule has 1 aliphatic heterocycles. The van der Waals surface area contributed by atoms with Gasteiger partial charge in [-0.15, -0.1) is 5.10 Å². The van der Waals surface area contributed by atoms with Crippen molar-refractivity contribution in [3.63, 3.8) is 0 Å². The van der Waals surface area contributed by atoms with Crippen molar-refractivity contribution in [2.75, 3.05) is 36.0 Å². The molecule has 1 fully saturated rings. The average Bonchev–Trinajstić information content (AvgIpc) is 2.86. The Morgan fingerprint density at radius 3 is 2.28 bits per heavy atom. The van der Waals surface area contributed by atoms with Crippen LogP contribution in [0.5, 0.6) is 0 Å². The molecule has 7 heteroatoms. The van der Waals surface area contributed by atoms with Crippen LogP contribution in [-0.4, -0.2) is 41.4 Å². The van der Waals surface area contributed by atoms with Crippen molar-refractivity contribution in [2.45, 2.75) is 32.1 Å². The fourth-order valence-electron chi connectivity index (χ4n) is 4.68. The molecule has 0 spiro atoms. The lowest BCUT2D eigenvalue weighted by atomic mass is 9.89. The van der Waals surface area contributed by atoms with E-state index in [-0.39, 0.29) is 5.82 Å². The lowest BCUT2D eigenvalue weighted by Gasteiger charge is -2.37. The second-order valence-corrected chi connectivity index (χ2v) is 8.43. The minimum Gasteiger partial charge on any atom is -0.353 e. The van der Waals surface area contributed by atoms with Gasteiger partial charge in [0, 0.05) is 44.4 Å². The quantitative estimate of drug-likeness (QED) is 0.632. The van der Waals surface area contributed by atoms with Gasteiger partial charge >= 0.3 is 0 Å². The molecular formula is C25H25FN6. The zero-order valence-corrected chi connectivity index (χ0v) is 18.0. The van der Waals surface area contributed by atoms with Crippen molar-refractivity contribution < 1.29 is 4.39 Å². The Morgan fingerprint density at radius 1 is 0.875 bits per heavy atom. The third kappa shape index (κ3) is 4.13. The summed E-state index contributed by atoms with van der Waals surface area (Å²) in [5, 5.41) is 18.3. The fraction of sp³-hybridized carbons (Fsp3) is 0.360. The van der Waals surface area contributed by atoms with Gasteiger partial charge < -0.3 is 9.80 Å². The number of halogens is 1. The van der Waals surface area contributed by atoms with Crippen LogP contribution in [0.4, 0.5) is 16.0 Å². The van der Waals surface area contributed by atoms with Crippen LogP contribution in [-0.2, 0) is 19.3 Å². The Balaban J connectivity index is 1.34. The number of benzene rings is 1. The first-order chi connectivity index (χ1) is 15.7. The lowest BCUT2D eigenvalue weighted by molar-refractivity contribution is 0.615. The summed E-state index contributed by atoms with van der Waals surface area (Å²) >= 11 is 0. The summed E-state index contributed by atoms with van der Waals surface area (Å²) in [5.74, 6) is 1.72. The minimum atomic E-state index is -0.215. The number of hydrogen-bond acceptors (Lipinski definition) is 6. The topological polar surface area (TPSA) is 68.9 Å². The van der Waals surface area contributed by atoms with Crippen LogP contribution in [0.25, 0.3) is 0 Å². The largest absolute Gasteiger partial charge is 0.353 e. The molecule has 3 aromatic rings. The fourth-order valence-corrected chi connectivity index (χ4v) is 4.68. The zero-order valence-electron chi connectivity index (χ0n) is 18.0. The van der Waals surface area contributed by atoms with Gasteiger partial charge in [0.15, 0.2) is 5.82 Å². The maximum Gasteiger partial charge on any atom is 0.154 e. The number of anilines is 2. The average molecular weight is 429 g/mol. The van der Waals surface area contributed by atoms with E-state index in [1.54, 1.807) is 6.20 Å². The first kappa shape index (κ1) is 20.4. The monoisotopic (exact) mass is 428 g/mol. The van der Waals surface area contributed by atoms with E-state index >= 15 is 0 Å². The van der Waals surface area contributed by atoms with E-state index in [0.29, 0.717) is 12.0 Å². The molecule has 1 aromatic carbocycles. The van der Waals surface area contributed by atoms with Gasteiger partial charge in [-0.25, -0.2) is 9.37 Å². The maximum atomic E-state index is 13.3.